The highest BCUT2D eigenvalue weighted by molar-refractivity contribution is 5.71. The van der Waals surface area contributed by atoms with Crippen molar-refractivity contribution < 1.29 is 0 Å². The SMILES string of the molecule is CC(C)n1cnc2cc(C3CCNC3)cnc21. The van der Waals surface area contributed by atoms with E-state index >= 15 is 0 Å². The summed E-state index contributed by atoms with van der Waals surface area (Å²) >= 11 is 0. The van der Waals surface area contributed by atoms with E-state index in [0.717, 1.165) is 24.3 Å². The summed E-state index contributed by atoms with van der Waals surface area (Å²) in [6.07, 6.45) is 5.11. The molecule has 0 aliphatic carbocycles. The van der Waals surface area contributed by atoms with Crippen LogP contribution < -0.4 is 5.32 Å². The number of nitrogens with zero attached hydrogens (tertiary/aromatic N) is 3. The predicted molar refractivity (Wildman–Crippen MR) is 68.1 cm³/mol. The molecule has 17 heavy (non-hydrogen) atoms. The van der Waals surface area contributed by atoms with E-state index in [4.69, 9.17) is 0 Å². The van der Waals surface area contributed by atoms with Crippen LogP contribution in [0.2, 0.25) is 0 Å². The summed E-state index contributed by atoms with van der Waals surface area (Å²) in [5.74, 6) is 0.607. The van der Waals surface area contributed by atoms with Gasteiger partial charge < -0.3 is 9.88 Å². The molecule has 1 saturated heterocycles. The Morgan fingerprint density at radius 3 is 3.00 bits per heavy atom. The normalized spacial score (nSPS) is 20.5. The first-order chi connectivity index (χ1) is 8.25. The maximum Gasteiger partial charge on any atom is 0.160 e. The third-order valence-corrected chi connectivity index (χ3v) is 3.52. The Hall–Kier alpha value is -1.42. The van der Waals surface area contributed by atoms with E-state index in [-0.39, 0.29) is 0 Å². The van der Waals surface area contributed by atoms with Gasteiger partial charge in [0, 0.05) is 18.8 Å². The highest BCUT2D eigenvalue weighted by atomic mass is 15.1. The van der Waals surface area contributed by atoms with Gasteiger partial charge in [-0.1, -0.05) is 0 Å². The number of hydrogen-bond donors (Lipinski definition) is 1. The van der Waals surface area contributed by atoms with Gasteiger partial charge in [0.15, 0.2) is 5.65 Å². The lowest BCUT2D eigenvalue weighted by atomic mass is 10.0. The van der Waals surface area contributed by atoms with Gasteiger partial charge >= 0.3 is 0 Å². The van der Waals surface area contributed by atoms with Gasteiger partial charge in [-0.15, -0.1) is 0 Å². The Morgan fingerprint density at radius 2 is 2.29 bits per heavy atom. The quantitative estimate of drug-likeness (QED) is 0.859. The maximum atomic E-state index is 4.58. The Morgan fingerprint density at radius 1 is 1.41 bits per heavy atom. The summed E-state index contributed by atoms with van der Waals surface area (Å²) in [7, 11) is 0. The second kappa shape index (κ2) is 4.11. The Labute approximate surface area is 101 Å². The van der Waals surface area contributed by atoms with Gasteiger partial charge in [0.05, 0.1) is 6.33 Å². The molecule has 1 unspecified atom stereocenters. The highest BCUT2D eigenvalue weighted by Gasteiger charge is 2.18. The highest BCUT2D eigenvalue weighted by Crippen LogP contribution is 2.24. The van der Waals surface area contributed by atoms with E-state index in [1.54, 1.807) is 0 Å². The van der Waals surface area contributed by atoms with Crippen LogP contribution in [0.25, 0.3) is 11.2 Å². The van der Waals surface area contributed by atoms with Crippen LogP contribution in [0.5, 0.6) is 0 Å². The van der Waals surface area contributed by atoms with Crippen LogP contribution in [-0.2, 0) is 0 Å². The molecule has 1 N–H and O–H groups in total. The average molecular weight is 230 g/mol. The van der Waals surface area contributed by atoms with Crippen LogP contribution in [0.4, 0.5) is 0 Å². The van der Waals surface area contributed by atoms with Crippen molar-refractivity contribution in [2.75, 3.05) is 13.1 Å². The fraction of sp³-hybridized carbons (Fsp3) is 0.538. The summed E-state index contributed by atoms with van der Waals surface area (Å²) in [5.41, 5.74) is 3.33. The van der Waals surface area contributed by atoms with Gasteiger partial charge in [-0.2, -0.15) is 0 Å². The van der Waals surface area contributed by atoms with Crippen molar-refractivity contribution >= 4 is 11.2 Å². The molecule has 0 amide bonds. The fourth-order valence-corrected chi connectivity index (χ4v) is 2.47. The summed E-state index contributed by atoms with van der Waals surface area (Å²) in [5, 5.41) is 3.39. The summed E-state index contributed by atoms with van der Waals surface area (Å²) < 4.78 is 2.12. The van der Waals surface area contributed by atoms with E-state index in [1.165, 1.54) is 12.0 Å². The third kappa shape index (κ3) is 1.82. The molecule has 1 atom stereocenters. The summed E-state index contributed by atoms with van der Waals surface area (Å²) in [6.45, 7) is 6.48. The molecule has 0 spiro atoms. The topological polar surface area (TPSA) is 42.7 Å². The van der Waals surface area contributed by atoms with Crippen molar-refractivity contribution in [3.8, 4) is 0 Å². The maximum absolute atomic E-state index is 4.58. The zero-order chi connectivity index (χ0) is 11.8. The van der Waals surface area contributed by atoms with Gasteiger partial charge in [-0.25, -0.2) is 9.97 Å². The first kappa shape index (κ1) is 10.7. The third-order valence-electron chi connectivity index (χ3n) is 3.52. The molecule has 0 radical (unpaired) electrons. The van der Waals surface area contributed by atoms with Gasteiger partial charge in [0.25, 0.3) is 0 Å². The lowest BCUT2D eigenvalue weighted by Gasteiger charge is -2.09. The molecule has 3 heterocycles. The Bertz CT molecular complexity index is 523. The number of fused-ring (bicyclic) bond motifs is 1. The predicted octanol–water partition coefficient (Wildman–Crippen LogP) is 2.09. The number of rotatable bonds is 2. The largest absolute Gasteiger partial charge is 0.316 e. The van der Waals surface area contributed by atoms with Crippen molar-refractivity contribution in [1.82, 2.24) is 19.9 Å². The van der Waals surface area contributed by atoms with Crippen molar-refractivity contribution in [1.29, 1.82) is 0 Å². The minimum Gasteiger partial charge on any atom is -0.316 e. The molecule has 4 heteroatoms. The second-order valence-electron chi connectivity index (χ2n) is 5.05. The van der Waals surface area contributed by atoms with E-state index in [2.05, 4.69) is 39.8 Å². The Kier molecular flexibility index (Phi) is 2.59. The number of pyridine rings is 1. The van der Waals surface area contributed by atoms with Crippen LogP contribution in [-0.4, -0.2) is 27.6 Å². The minimum absolute atomic E-state index is 0.409. The Balaban J connectivity index is 2.02. The molecule has 2 aromatic rings. The smallest absolute Gasteiger partial charge is 0.160 e. The van der Waals surface area contributed by atoms with Crippen LogP contribution in [0.1, 0.15) is 37.8 Å². The molecule has 1 aliphatic rings. The molecule has 90 valence electrons. The van der Waals surface area contributed by atoms with E-state index < -0.39 is 0 Å². The van der Waals surface area contributed by atoms with E-state index in [9.17, 15) is 0 Å². The molecule has 1 aliphatic heterocycles. The first-order valence-electron chi connectivity index (χ1n) is 6.29. The van der Waals surface area contributed by atoms with Crippen molar-refractivity contribution in [2.45, 2.75) is 32.2 Å². The number of hydrogen-bond acceptors (Lipinski definition) is 3. The number of imidazole rings is 1. The molecule has 3 rings (SSSR count). The summed E-state index contributed by atoms with van der Waals surface area (Å²) in [6, 6.07) is 2.60. The van der Waals surface area contributed by atoms with Crippen LogP contribution in [0, 0.1) is 0 Å². The van der Waals surface area contributed by atoms with Crippen LogP contribution in [0.15, 0.2) is 18.6 Å². The monoisotopic (exact) mass is 230 g/mol. The zero-order valence-electron chi connectivity index (χ0n) is 10.3. The number of nitrogens with one attached hydrogen (secondary N) is 1. The second-order valence-corrected chi connectivity index (χ2v) is 5.05. The molecule has 1 fully saturated rings. The molecule has 0 aromatic carbocycles. The van der Waals surface area contributed by atoms with E-state index in [0.29, 0.717) is 12.0 Å². The number of aromatic nitrogens is 3. The van der Waals surface area contributed by atoms with Crippen molar-refractivity contribution in [3.63, 3.8) is 0 Å². The summed E-state index contributed by atoms with van der Waals surface area (Å²) in [4.78, 5) is 9.03. The van der Waals surface area contributed by atoms with E-state index in [1.807, 2.05) is 12.5 Å². The molecular formula is C13H18N4. The van der Waals surface area contributed by atoms with Crippen molar-refractivity contribution in [2.24, 2.45) is 0 Å². The first-order valence-corrected chi connectivity index (χ1v) is 6.29. The molecule has 2 aromatic heterocycles. The standard InChI is InChI=1S/C13H18N4/c1-9(2)17-8-16-12-5-11(7-15-13(12)17)10-3-4-14-6-10/h5,7-10,14H,3-4,6H2,1-2H3. The average Bonchev–Trinajstić information content (AvgIpc) is 2.97. The van der Waals surface area contributed by atoms with Crippen LogP contribution in [0.3, 0.4) is 0 Å². The fourth-order valence-electron chi connectivity index (χ4n) is 2.47. The molecule has 0 bridgehead atoms. The van der Waals surface area contributed by atoms with Crippen LogP contribution >= 0.6 is 0 Å². The van der Waals surface area contributed by atoms with Crippen molar-refractivity contribution in [3.05, 3.63) is 24.2 Å². The minimum atomic E-state index is 0.409. The van der Waals surface area contributed by atoms with Gasteiger partial charge in [0.1, 0.15) is 5.52 Å². The lowest BCUT2D eigenvalue weighted by Crippen LogP contribution is -2.08. The van der Waals surface area contributed by atoms with Gasteiger partial charge in [-0.3, -0.25) is 0 Å². The van der Waals surface area contributed by atoms with Gasteiger partial charge in [0.2, 0.25) is 0 Å². The molecule has 0 saturated carbocycles. The lowest BCUT2D eigenvalue weighted by molar-refractivity contribution is 0.612. The zero-order valence-corrected chi connectivity index (χ0v) is 10.3. The molecular weight excluding hydrogens is 212 g/mol. The van der Waals surface area contributed by atoms with Gasteiger partial charge in [-0.05, 0) is 44.4 Å². The molecule has 4 nitrogen and oxygen atoms in total.